The smallest absolute Gasteiger partial charge is 0.331 e. The van der Waals surface area contributed by atoms with Crippen LogP contribution >= 0.6 is 0 Å². The summed E-state index contributed by atoms with van der Waals surface area (Å²) in [4.78, 5) is 41.1. The Labute approximate surface area is 179 Å². The number of rotatable bonds is 7. The molecule has 10 heteroatoms. The molecule has 0 unspecified atom stereocenters. The Hall–Kier alpha value is -3.40. The van der Waals surface area contributed by atoms with Crippen molar-refractivity contribution in [3.8, 4) is 5.88 Å². The van der Waals surface area contributed by atoms with E-state index in [1.807, 2.05) is 43.3 Å². The fraction of sp³-hybridized carbons (Fsp3) is 0.429. The molecular weight excluding hydrogens is 402 g/mol. The number of ether oxygens (including phenoxy) is 1. The van der Waals surface area contributed by atoms with E-state index in [-0.39, 0.29) is 30.1 Å². The predicted molar refractivity (Wildman–Crippen MR) is 117 cm³/mol. The normalized spacial score (nSPS) is 15.8. The van der Waals surface area contributed by atoms with Gasteiger partial charge in [0.15, 0.2) is 0 Å². The van der Waals surface area contributed by atoms with Crippen LogP contribution in [0.25, 0.3) is 0 Å². The average molecular weight is 429 g/mol. The van der Waals surface area contributed by atoms with E-state index in [2.05, 4.69) is 10.1 Å². The van der Waals surface area contributed by atoms with Gasteiger partial charge < -0.3 is 14.7 Å². The molecule has 1 aliphatic rings. The van der Waals surface area contributed by atoms with Gasteiger partial charge in [-0.1, -0.05) is 12.1 Å². The second-order valence-electron chi connectivity index (χ2n) is 7.57. The number of aromatic amines is 1. The highest BCUT2D eigenvalue weighted by atomic mass is 16.5. The van der Waals surface area contributed by atoms with Crippen molar-refractivity contribution in [2.24, 2.45) is 5.10 Å². The molecule has 166 valence electrons. The maximum absolute atomic E-state index is 12.5. The summed E-state index contributed by atoms with van der Waals surface area (Å²) < 4.78 is 6.06. The number of nitrogens with zero attached hydrogens (tertiary/aromatic N) is 4. The van der Waals surface area contributed by atoms with E-state index in [4.69, 9.17) is 4.74 Å². The Morgan fingerprint density at radius 1 is 1.29 bits per heavy atom. The lowest BCUT2D eigenvalue weighted by atomic mass is 9.99. The number of methoxy groups -OCH3 is 1. The molecule has 2 aromatic rings. The summed E-state index contributed by atoms with van der Waals surface area (Å²) in [7, 11) is 5.41. The van der Waals surface area contributed by atoms with Gasteiger partial charge in [-0.05, 0) is 24.1 Å². The molecule has 0 fully saturated rings. The van der Waals surface area contributed by atoms with E-state index in [1.54, 1.807) is 0 Å². The summed E-state index contributed by atoms with van der Waals surface area (Å²) in [6.45, 7) is 1.95. The average Bonchev–Trinajstić information content (AvgIpc) is 3.15. The van der Waals surface area contributed by atoms with Gasteiger partial charge in [-0.25, -0.2) is 9.80 Å². The van der Waals surface area contributed by atoms with Crippen LogP contribution in [-0.4, -0.2) is 59.1 Å². The van der Waals surface area contributed by atoms with Crippen LogP contribution in [0.1, 0.15) is 36.9 Å². The maximum atomic E-state index is 12.5. The van der Waals surface area contributed by atoms with Crippen molar-refractivity contribution >= 4 is 17.3 Å². The Morgan fingerprint density at radius 2 is 1.97 bits per heavy atom. The zero-order valence-electron chi connectivity index (χ0n) is 18.1. The van der Waals surface area contributed by atoms with E-state index in [0.717, 1.165) is 15.8 Å². The van der Waals surface area contributed by atoms with Crippen molar-refractivity contribution in [1.82, 2.24) is 14.6 Å². The number of amides is 1. The Balaban J connectivity index is 1.99. The number of aromatic nitrogens is 2. The number of hydrogen-bond donors (Lipinski definition) is 2. The topological polar surface area (TPSA) is 120 Å². The van der Waals surface area contributed by atoms with Crippen LogP contribution in [0.3, 0.4) is 0 Å². The molecule has 1 aromatic carbocycles. The molecule has 2 N–H and O–H groups in total. The molecule has 0 spiro atoms. The lowest BCUT2D eigenvalue weighted by molar-refractivity contribution is -0.130. The molecule has 0 radical (unpaired) electrons. The molecule has 1 aliphatic heterocycles. The minimum absolute atomic E-state index is 0.101. The third-order valence-electron chi connectivity index (χ3n) is 5.22. The Morgan fingerprint density at radius 3 is 2.55 bits per heavy atom. The van der Waals surface area contributed by atoms with E-state index < -0.39 is 23.2 Å². The van der Waals surface area contributed by atoms with E-state index >= 15 is 0 Å². The van der Waals surface area contributed by atoms with E-state index in [1.165, 1.54) is 19.0 Å². The van der Waals surface area contributed by atoms with Gasteiger partial charge in [-0.3, -0.25) is 19.1 Å². The Bertz CT molecular complexity index is 1100. The van der Waals surface area contributed by atoms with E-state index in [9.17, 15) is 19.5 Å². The van der Waals surface area contributed by atoms with Gasteiger partial charge in [0.1, 0.15) is 5.56 Å². The zero-order valence-corrected chi connectivity index (χ0v) is 18.1. The number of hydrazone groups is 1. The summed E-state index contributed by atoms with van der Waals surface area (Å²) in [6, 6.07) is 7.27. The third kappa shape index (κ3) is 4.53. The van der Waals surface area contributed by atoms with Crippen molar-refractivity contribution < 1.29 is 14.6 Å². The minimum atomic E-state index is -0.739. The molecule has 0 aliphatic carbocycles. The fourth-order valence-corrected chi connectivity index (χ4v) is 3.60. The van der Waals surface area contributed by atoms with E-state index in [0.29, 0.717) is 13.0 Å². The van der Waals surface area contributed by atoms with Crippen molar-refractivity contribution in [1.29, 1.82) is 0 Å². The molecule has 1 aromatic heterocycles. The highest BCUT2D eigenvalue weighted by Crippen LogP contribution is 2.34. The quantitative estimate of drug-likeness (QED) is 0.635. The molecule has 10 nitrogen and oxygen atoms in total. The Kier molecular flexibility index (Phi) is 6.59. The first-order chi connectivity index (χ1) is 14.7. The summed E-state index contributed by atoms with van der Waals surface area (Å²) in [5.74, 6) is -0.753. The maximum Gasteiger partial charge on any atom is 0.331 e. The van der Waals surface area contributed by atoms with Gasteiger partial charge in [0.25, 0.3) is 5.56 Å². The zero-order chi connectivity index (χ0) is 22.7. The summed E-state index contributed by atoms with van der Waals surface area (Å²) in [6.07, 6.45) is 0.705. The van der Waals surface area contributed by atoms with Crippen molar-refractivity contribution in [3.63, 3.8) is 0 Å². The number of hydrogen-bond acceptors (Lipinski definition) is 7. The van der Waals surface area contributed by atoms with Crippen molar-refractivity contribution in [3.05, 3.63) is 56.2 Å². The standard InChI is InChI=1S/C21H27N5O5/c1-13(27)26-17(14-6-8-15(9-7-14)24(2)3)12-16(23-26)18-19(28)22-21(30)25(20(18)29)10-5-11-31-4/h6-9,17,29H,5,10-12H2,1-4H3,(H,22,28,30)/t17-/m1/s1. The minimum Gasteiger partial charge on any atom is -0.494 e. The summed E-state index contributed by atoms with van der Waals surface area (Å²) in [5, 5.41) is 16.3. The monoisotopic (exact) mass is 429 g/mol. The SMILES string of the molecule is COCCCn1c(O)c(C2=NN(C(C)=O)[C@@H](c3ccc(N(C)C)cc3)C2)c(=O)[nH]c1=O. The number of benzene rings is 1. The lowest BCUT2D eigenvalue weighted by Crippen LogP contribution is -2.34. The molecule has 31 heavy (non-hydrogen) atoms. The molecule has 3 rings (SSSR count). The molecule has 1 atom stereocenters. The van der Waals surface area contributed by atoms with Crippen LogP contribution in [-0.2, 0) is 16.1 Å². The van der Waals surface area contributed by atoms with Crippen LogP contribution in [0, 0.1) is 0 Å². The molecular formula is C21H27N5O5. The van der Waals surface area contributed by atoms with Crippen LogP contribution in [0.2, 0.25) is 0 Å². The van der Waals surface area contributed by atoms with Crippen LogP contribution < -0.4 is 16.1 Å². The number of aromatic hydroxyl groups is 1. The second kappa shape index (κ2) is 9.17. The van der Waals surface area contributed by atoms with Gasteiger partial charge in [0.2, 0.25) is 11.8 Å². The number of H-pyrrole nitrogens is 1. The first-order valence-electron chi connectivity index (χ1n) is 9.94. The molecule has 2 heterocycles. The summed E-state index contributed by atoms with van der Waals surface area (Å²) in [5.41, 5.74) is 0.557. The lowest BCUT2D eigenvalue weighted by Gasteiger charge is -2.21. The molecule has 0 bridgehead atoms. The predicted octanol–water partition coefficient (Wildman–Crippen LogP) is 1.04. The van der Waals surface area contributed by atoms with Crippen LogP contribution in [0.5, 0.6) is 5.88 Å². The molecule has 0 saturated heterocycles. The fourth-order valence-electron chi connectivity index (χ4n) is 3.60. The first kappa shape index (κ1) is 22.3. The largest absolute Gasteiger partial charge is 0.494 e. The van der Waals surface area contributed by atoms with Crippen molar-refractivity contribution in [2.75, 3.05) is 32.7 Å². The van der Waals surface area contributed by atoms with Crippen LogP contribution in [0.4, 0.5) is 5.69 Å². The van der Waals surface area contributed by atoms with Crippen LogP contribution in [0.15, 0.2) is 39.0 Å². The number of carbonyl (C=O) groups is 1. The van der Waals surface area contributed by atoms with Gasteiger partial charge >= 0.3 is 5.69 Å². The number of carbonyl (C=O) groups excluding carboxylic acids is 1. The van der Waals surface area contributed by atoms with Crippen molar-refractivity contribution in [2.45, 2.75) is 32.4 Å². The highest BCUT2D eigenvalue weighted by molar-refractivity contribution is 6.04. The van der Waals surface area contributed by atoms with Gasteiger partial charge in [0, 0.05) is 53.4 Å². The van der Waals surface area contributed by atoms with Gasteiger partial charge in [-0.15, -0.1) is 0 Å². The molecule has 0 saturated carbocycles. The second-order valence-corrected chi connectivity index (χ2v) is 7.57. The summed E-state index contributed by atoms with van der Waals surface area (Å²) >= 11 is 0. The number of nitrogens with one attached hydrogen (secondary N) is 1. The molecule has 1 amide bonds. The first-order valence-corrected chi connectivity index (χ1v) is 9.94. The number of anilines is 1. The third-order valence-corrected chi connectivity index (χ3v) is 5.22. The van der Waals surface area contributed by atoms with Gasteiger partial charge in [0.05, 0.1) is 11.8 Å². The highest BCUT2D eigenvalue weighted by Gasteiger charge is 2.34. The van der Waals surface area contributed by atoms with Gasteiger partial charge in [-0.2, -0.15) is 5.10 Å².